The molecule has 0 saturated carbocycles. The number of hydrogen-bond donors (Lipinski definition) is 1. The van der Waals surface area contributed by atoms with Gasteiger partial charge in [-0.1, -0.05) is 0 Å². The SMILES string of the molecule is CN1C=CNC1=C1N=CC=N1. The Bertz CT molecular complexity index is 271. The third-order valence-electron chi connectivity index (χ3n) is 1.54. The molecule has 0 aromatic rings. The fourth-order valence-electron chi connectivity index (χ4n) is 0.990. The Morgan fingerprint density at radius 1 is 1.36 bits per heavy atom. The molecule has 0 unspecified atom stereocenters. The molecule has 11 heavy (non-hydrogen) atoms. The van der Waals surface area contributed by atoms with Crippen molar-refractivity contribution in [2.24, 2.45) is 9.98 Å². The lowest BCUT2D eigenvalue weighted by molar-refractivity contribution is 0.559. The average molecular weight is 148 g/mol. The molecule has 0 spiro atoms. The van der Waals surface area contributed by atoms with Gasteiger partial charge in [0.15, 0.2) is 11.6 Å². The predicted octanol–water partition coefficient (Wildman–Crippen LogP) is 0.274. The first-order valence-corrected chi connectivity index (χ1v) is 3.35. The Hall–Kier alpha value is -1.58. The molecule has 1 N–H and O–H groups in total. The van der Waals surface area contributed by atoms with Gasteiger partial charge in [-0.05, 0) is 0 Å². The van der Waals surface area contributed by atoms with E-state index in [1.807, 2.05) is 24.3 Å². The molecule has 0 aromatic heterocycles. The molecule has 0 aromatic carbocycles. The summed E-state index contributed by atoms with van der Waals surface area (Å²) in [6.07, 6.45) is 7.13. The number of aliphatic imine (C=N–C) groups is 2. The van der Waals surface area contributed by atoms with Crippen LogP contribution in [0.5, 0.6) is 0 Å². The van der Waals surface area contributed by atoms with Crippen LogP contribution in [0.3, 0.4) is 0 Å². The van der Waals surface area contributed by atoms with Gasteiger partial charge < -0.3 is 10.2 Å². The minimum absolute atomic E-state index is 0.734. The monoisotopic (exact) mass is 148 g/mol. The second-order valence-corrected chi connectivity index (χ2v) is 2.30. The van der Waals surface area contributed by atoms with Crippen LogP contribution in [-0.4, -0.2) is 24.4 Å². The van der Waals surface area contributed by atoms with Crippen molar-refractivity contribution in [2.45, 2.75) is 0 Å². The van der Waals surface area contributed by atoms with Crippen molar-refractivity contribution < 1.29 is 0 Å². The van der Waals surface area contributed by atoms with E-state index in [1.165, 1.54) is 0 Å². The van der Waals surface area contributed by atoms with Crippen LogP contribution in [0.2, 0.25) is 0 Å². The smallest absolute Gasteiger partial charge is 0.193 e. The standard InChI is InChI=1S/C7H8N4/c1-11-5-4-10-7(11)6-8-2-3-9-6/h2-5,10H,1H3. The van der Waals surface area contributed by atoms with E-state index < -0.39 is 0 Å². The molecule has 2 aliphatic heterocycles. The van der Waals surface area contributed by atoms with Crippen molar-refractivity contribution in [3.05, 3.63) is 24.0 Å². The molecule has 0 amide bonds. The molecule has 0 aliphatic carbocycles. The summed E-state index contributed by atoms with van der Waals surface area (Å²) < 4.78 is 0. The number of nitrogens with one attached hydrogen (secondary N) is 1. The van der Waals surface area contributed by atoms with E-state index in [4.69, 9.17) is 0 Å². The van der Waals surface area contributed by atoms with Crippen LogP contribution in [-0.2, 0) is 0 Å². The van der Waals surface area contributed by atoms with E-state index in [1.54, 1.807) is 12.4 Å². The van der Waals surface area contributed by atoms with Crippen molar-refractivity contribution in [1.29, 1.82) is 0 Å². The van der Waals surface area contributed by atoms with Crippen LogP contribution in [0, 0.1) is 0 Å². The van der Waals surface area contributed by atoms with E-state index >= 15 is 0 Å². The molecule has 2 heterocycles. The Labute approximate surface area is 64.6 Å². The number of rotatable bonds is 0. The highest BCUT2D eigenvalue weighted by Crippen LogP contribution is 2.14. The molecule has 4 heteroatoms. The summed E-state index contributed by atoms with van der Waals surface area (Å²) in [5.41, 5.74) is 0. The van der Waals surface area contributed by atoms with Gasteiger partial charge in [0, 0.05) is 31.9 Å². The van der Waals surface area contributed by atoms with Gasteiger partial charge in [0.05, 0.1) is 0 Å². The Kier molecular flexibility index (Phi) is 1.25. The lowest BCUT2D eigenvalue weighted by Gasteiger charge is -2.10. The van der Waals surface area contributed by atoms with Gasteiger partial charge in [0.1, 0.15) is 0 Å². The zero-order valence-electron chi connectivity index (χ0n) is 6.15. The second kappa shape index (κ2) is 2.23. The molecular weight excluding hydrogens is 140 g/mol. The Balaban J connectivity index is 2.34. The van der Waals surface area contributed by atoms with Crippen LogP contribution >= 0.6 is 0 Å². The molecule has 0 atom stereocenters. The van der Waals surface area contributed by atoms with E-state index in [2.05, 4.69) is 15.3 Å². The highest BCUT2D eigenvalue weighted by atomic mass is 15.3. The van der Waals surface area contributed by atoms with Gasteiger partial charge in [-0.2, -0.15) is 0 Å². The van der Waals surface area contributed by atoms with Gasteiger partial charge in [0.25, 0.3) is 0 Å². The summed E-state index contributed by atoms with van der Waals surface area (Å²) in [4.78, 5) is 10.1. The van der Waals surface area contributed by atoms with Crippen molar-refractivity contribution >= 4 is 12.4 Å². The quantitative estimate of drug-likeness (QED) is 0.535. The topological polar surface area (TPSA) is 40.0 Å². The maximum atomic E-state index is 4.06. The lowest BCUT2D eigenvalue weighted by Crippen LogP contribution is -2.14. The molecule has 2 rings (SSSR count). The maximum Gasteiger partial charge on any atom is 0.193 e. The third kappa shape index (κ3) is 0.920. The molecule has 56 valence electrons. The fourth-order valence-corrected chi connectivity index (χ4v) is 0.990. The van der Waals surface area contributed by atoms with Crippen LogP contribution < -0.4 is 5.32 Å². The Morgan fingerprint density at radius 2 is 2.09 bits per heavy atom. The average Bonchev–Trinajstić information content (AvgIpc) is 2.55. The van der Waals surface area contributed by atoms with Crippen LogP contribution in [0.15, 0.2) is 34.0 Å². The highest BCUT2D eigenvalue weighted by Gasteiger charge is 2.12. The van der Waals surface area contributed by atoms with Crippen molar-refractivity contribution in [2.75, 3.05) is 7.05 Å². The molecule has 2 aliphatic rings. The maximum absolute atomic E-state index is 4.06. The summed E-state index contributed by atoms with van der Waals surface area (Å²) in [7, 11) is 1.95. The third-order valence-corrected chi connectivity index (χ3v) is 1.54. The molecule has 0 fully saturated rings. The molecule has 4 nitrogen and oxygen atoms in total. The van der Waals surface area contributed by atoms with Gasteiger partial charge in [-0.3, -0.25) is 0 Å². The zero-order valence-corrected chi connectivity index (χ0v) is 6.15. The fraction of sp³-hybridized carbons (Fsp3) is 0.143. The summed E-state index contributed by atoms with van der Waals surface area (Å²) >= 11 is 0. The molecule has 0 bridgehead atoms. The van der Waals surface area contributed by atoms with E-state index in [0.717, 1.165) is 11.6 Å². The molecule has 0 radical (unpaired) electrons. The predicted molar refractivity (Wildman–Crippen MR) is 44.0 cm³/mol. The van der Waals surface area contributed by atoms with Crippen LogP contribution in [0.25, 0.3) is 0 Å². The lowest BCUT2D eigenvalue weighted by atomic mass is 10.6. The minimum Gasteiger partial charge on any atom is -0.343 e. The van der Waals surface area contributed by atoms with Gasteiger partial charge >= 0.3 is 0 Å². The minimum atomic E-state index is 0.734. The Morgan fingerprint density at radius 3 is 2.64 bits per heavy atom. The van der Waals surface area contributed by atoms with Crippen molar-refractivity contribution in [1.82, 2.24) is 10.2 Å². The van der Waals surface area contributed by atoms with Gasteiger partial charge in [0.2, 0.25) is 0 Å². The first-order valence-electron chi connectivity index (χ1n) is 3.35. The van der Waals surface area contributed by atoms with Gasteiger partial charge in [-0.25, -0.2) is 9.98 Å². The number of hydrogen-bond acceptors (Lipinski definition) is 4. The van der Waals surface area contributed by atoms with Crippen LogP contribution in [0.1, 0.15) is 0 Å². The summed E-state index contributed by atoms with van der Waals surface area (Å²) in [5, 5.41) is 3.05. The van der Waals surface area contributed by atoms with E-state index in [0.29, 0.717) is 0 Å². The normalized spacial score (nSPS) is 20.3. The summed E-state index contributed by atoms with van der Waals surface area (Å²) in [6, 6.07) is 0. The van der Waals surface area contributed by atoms with Crippen molar-refractivity contribution in [3.8, 4) is 0 Å². The first-order chi connectivity index (χ1) is 5.38. The molecule has 0 saturated heterocycles. The van der Waals surface area contributed by atoms with E-state index in [-0.39, 0.29) is 0 Å². The largest absolute Gasteiger partial charge is 0.343 e. The molecular formula is C7H8N4. The van der Waals surface area contributed by atoms with E-state index in [9.17, 15) is 0 Å². The summed E-state index contributed by atoms with van der Waals surface area (Å²) in [6.45, 7) is 0. The first kappa shape index (κ1) is 6.15. The second-order valence-electron chi connectivity index (χ2n) is 2.30. The van der Waals surface area contributed by atoms with Crippen molar-refractivity contribution in [3.63, 3.8) is 0 Å². The summed E-state index contributed by atoms with van der Waals surface area (Å²) in [5.74, 6) is 1.66. The van der Waals surface area contributed by atoms with Crippen LogP contribution in [0.4, 0.5) is 0 Å². The van der Waals surface area contributed by atoms with Gasteiger partial charge in [-0.15, -0.1) is 0 Å². The number of nitrogens with zero attached hydrogens (tertiary/aromatic N) is 3. The highest BCUT2D eigenvalue weighted by molar-refractivity contribution is 6.18. The zero-order chi connectivity index (χ0) is 7.68.